The van der Waals surface area contributed by atoms with Crippen molar-refractivity contribution in [1.82, 2.24) is 0 Å². The van der Waals surface area contributed by atoms with Gasteiger partial charge >= 0.3 is 0 Å². The zero-order chi connectivity index (χ0) is 30.6. The molecule has 0 radical (unpaired) electrons. The summed E-state index contributed by atoms with van der Waals surface area (Å²) in [7, 11) is 0. The second-order valence-electron chi connectivity index (χ2n) is 10.3. The summed E-state index contributed by atoms with van der Waals surface area (Å²) >= 11 is 0. The van der Waals surface area contributed by atoms with E-state index in [0.717, 1.165) is 0 Å². The maximum atomic E-state index is 9.20. The molecule has 0 aromatic rings. The van der Waals surface area contributed by atoms with Crippen LogP contribution in [0.4, 0.5) is 0 Å². The third-order valence-corrected chi connectivity index (χ3v) is 5.84. The van der Waals surface area contributed by atoms with E-state index in [2.05, 4.69) is 0 Å². The first-order chi connectivity index (χ1) is 15.5. The van der Waals surface area contributed by atoms with Crippen LogP contribution >= 0.6 is 0 Å². The van der Waals surface area contributed by atoms with Crippen molar-refractivity contribution in [2.24, 2.45) is 92.5 Å². The van der Waals surface area contributed by atoms with Crippen molar-refractivity contribution in [3.8, 4) is 0 Å². The number of hydrogen-bond acceptors (Lipinski definition) is 16. The molecular formula is C20H60N12O4Ti. The van der Waals surface area contributed by atoms with Gasteiger partial charge in [-0.05, 0) is 23.7 Å². The van der Waals surface area contributed by atoms with Gasteiger partial charge in [0.1, 0.15) is 22.9 Å². The normalized spacial score (nSPS) is 18.2. The zero-order valence-electron chi connectivity index (χ0n) is 23.8. The zero-order valence-corrected chi connectivity index (χ0v) is 25.4. The molecule has 0 spiro atoms. The monoisotopic (exact) mass is 580 g/mol. The minimum atomic E-state index is -1.44. The molecule has 0 aliphatic carbocycles. The van der Waals surface area contributed by atoms with Crippen LogP contribution in [0, 0.1) is 23.7 Å². The molecular weight excluding hydrogens is 520 g/mol. The van der Waals surface area contributed by atoms with Crippen molar-refractivity contribution in [1.29, 1.82) is 0 Å². The van der Waals surface area contributed by atoms with Gasteiger partial charge in [0.25, 0.3) is 0 Å². The Hall–Kier alpha value is 0.0743. The van der Waals surface area contributed by atoms with E-state index in [1.807, 2.05) is 0 Å². The van der Waals surface area contributed by atoms with Crippen LogP contribution in [0.25, 0.3) is 0 Å². The molecule has 0 aliphatic heterocycles. The van der Waals surface area contributed by atoms with Crippen LogP contribution in [0.15, 0.2) is 0 Å². The summed E-state index contributed by atoms with van der Waals surface area (Å²) < 4.78 is 0. The first-order valence-electron chi connectivity index (χ1n) is 11.6. The summed E-state index contributed by atoms with van der Waals surface area (Å²) in [5.74, 6) is -0.509. The van der Waals surface area contributed by atoms with E-state index in [9.17, 15) is 20.4 Å². The fraction of sp³-hybridized carbons (Fsp3) is 1.00. The van der Waals surface area contributed by atoms with Crippen molar-refractivity contribution < 1.29 is 42.1 Å². The van der Waals surface area contributed by atoms with Crippen LogP contribution in [0.2, 0.25) is 0 Å². The summed E-state index contributed by atoms with van der Waals surface area (Å²) in [6, 6.07) is 0. The summed E-state index contributed by atoms with van der Waals surface area (Å²) in [5.41, 5.74) is 56.8. The molecule has 0 rings (SSSR count). The SMILES string of the molecule is CC(C)C(N)(O)C(N)N.CC(C)C(N)(O)C(N)N.CC(C)C(N)(O)C(N)N.CC(C)C(N)(O)C(N)N.[Ti]. The van der Waals surface area contributed by atoms with Gasteiger partial charge in [-0.3, -0.25) is 0 Å². The van der Waals surface area contributed by atoms with Crippen molar-refractivity contribution in [2.75, 3.05) is 0 Å². The Morgan fingerprint density at radius 1 is 0.351 bits per heavy atom. The molecule has 0 saturated heterocycles. The van der Waals surface area contributed by atoms with Crippen LogP contribution in [0.3, 0.4) is 0 Å². The average molecular weight is 581 g/mol. The smallest absolute Gasteiger partial charge is 0.144 e. The van der Waals surface area contributed by atoms with Crippen molar-refractivity contribution in [3.05, 3.63) is 0 Å². The molecule has 4 unspecified atom stereocenters. The third-order valence-electron chi connectivity index (χ3n) is 5.84. The molecule has 0 amide bonds. The summed E-state index contributed by atoms with van der Waals surface area (Å²) in [4.78, 5) is 0. The fourth-order valence-corrected chi connectivity index (χ4v) is 1.54. The van der Waals surface area contributed by atoms with E-state index in [0.29, 0.717) is 0 Å². The molecule has 16 nitrogen and oxygen atoms in total. The van der Waals surface area contributed by atoms with Crippen LogP contribution < -0.4 is 68.8 Å². The molecule has 37 heavy (non-hydrogen) atoms. The van der Waals surface area contributed by atoms with Crippen molar-refractivity contribution in [3.63, 3.8) is 0 Å². The molecule has 4 atom stereocenters. The molecule has 0 bridgehead atoms. The predicted octanol–water partition coefficient (Wildman–Crippen LogP) is -5.87. The van der Waals surface area contributed by atoms with E-state index in [-0.39, 0.29) is 45.4 Å². The van der Waals surface area contributed by atoms with E-state index >= 15 is 0 Å². The van der Waals surface area contributed by atoms with E-state index in [4.69, 9.17) is 68.8 Å². The summed E-state index contributed by atoms with van der Waals surface area (Å²) in [6.45, 7) is 14.1. The molecule has 17 heteroatoms. The number of hydrogen-bond donors (Lipinski definition) is 16. The Labute approximate surface area is 237 Å². The molecule has 0 aromatic carbocycles. The van der Waals surface area contributed by atoms with Gasteiger partial charge in [-0.2, -0.15) is 0 Å². The molecule has 0 heterocycles. The van der Waals surface area contributed by atoms with Gasteiger partial charge in [-0.25, -0.2) is 0 Å². The van der Waals surface area contributed by atoms with E-state index in [1.54, 1.807) is 55.4 Å². The van der Waals surface area contributed by atoms with Gasteiger partial charge in [0, 0.05) is 21.7 Å². The Balaban J connectivity index is -0.000000122. The first kappa shape index (κ1) is 46.9. The largest absolute Gasteiger partial charge is 0.373 e. The quantitative estimate of drug-likeness (QED) is 0.0937. The van der Waals surface area contributed by atoms with Crippen LogP contribution in [0.5, 0.6) is 0 Å². The van der Waals surface area contributed by atoms with Gasteiger partial charge in [-0.1, -0.05) is 55.4 Å². The Morgan fingerprint density at radius 2 is 0.432 bits per heavy atom. The van der Waals surface area contributed by atoms with Crippen LogP contribution in [-0.4, -0.2) is 68.0 Å². The van der Waals surface area contributed by atoms with Gasteiger partial charge in [0.15, 0.2) is 0 Å². The minimum Gasteiger partial charge on any atom is -0.373 e. The molecule has 28 N–H and O–H groups in total. The molecule has 0 fully saturated rings. The van der Waals surface area contributed by atoms with Crippen molar-refractivity contribution in [2.45, 2.75) is 103 Å². The fourth-order valence-electron chi connectivity index (χ4n) is 1.54. The van der Waals surface area contributed by atoms with Gasteiger partial charge in [0.05, 0.1) is 24.7 Å². The Kier molecular flexibility index (Phi) is 24.3. The average Bonchev–Trinajstić information content (AvgIpc) is 2.68. The molecule has 0 aliphatic rings. The Morgan fingerprint density at radius 3 is 0.432 bits per heavy atom. The summed E-state index contributed by atoms with van der Waals surface area (Å²) in [5, 5.41) is 36.8. The topological polar surface area (TPSA) is 393 Å². The van der Waals surface area contributed by atoms with E-state index in [1.165, 1.54) is 0 Å². The second-order valence-corrected chi connectivity index (χ2v) is 10.3. The predicted molar refractivity (Wildman–Crippen MR) is 145 cm³/mol. The molecule has 0 aromatic heterocycles. The van der Waals surface area contributed by atoms with Gasteiger partial charge in [0.2, 0.25) is 0 Å². The second kappa shape index (κ2) is 19.2. The number of rotatable bonds is 8. The maximum absolute atomic E-state index is 9.20. The Bertz CT molecular complexity index is 423. The first-order valence-corrected chi connectivity index (χ1v) is 11.6. The van der Waals surface area contributed by atoms with E-state index < -0.39 is 47.6 Å². The minimum absolute atomic E-state index is 0. The van der Waals surface area contributed by atoms with Gasteiger partial charge < -0.3 is 89.2 Å². The summed E-state index contributed by atoms with van der Waals surface area (Å²) in [6.07, 6.45) is -3.51. The van der Waals surface area contributed by atoms with Crippen molar-refractivity contribution >= 4 is 0 Å². The van der Waals surface area contributed by atoms with Crippen LogP contribution in [0.1, 0.15) is 55.4 Å². The molecule has 228 valence electrons. The molecule has 0 saturated carbocycles. The maximum Gasteiger partial charge on any atom is 0.144 e. The number of aliphatic hydroxyl groups is 4. The van der Waals surface area contributed by atoms with Gasteiger partial charge in [-0.15, -0.1) is 0 Å². The van der Waals surface area contributed by atoms with Crippen LogP contribution in [-0.2, 0) is 21.7 Å². The standard InChI is InChI=1S/4C5H15N3O.Ti/c4*1-3(2)5(8,9)4(6)7;/h4*3-4,9H,6-8H2,1-2H3;. The third kappa shape index (κ3) is 18.1. The number of nitrogens with two attached hydrogens (primary N) is 12.